The van der Waals surface area contributed by atoms with Gasteiger partial charge >= 0.3 is 5.97 Å². The summed E-state index contributed by atoms with van der Waals surface area (Å²) in [6.45, 7) is 2.99. The second-order valence-corrected chi connectivity index (χ2v) is 5.57. The van der Waals surface area contributed by atoms with Crippen LogP contribution in [0.25, 0.3) is 0 Å². The molecule has 19 heavy (non-hydrogen) atoms. The number of rotatable bonds is 8. The molecule has 0 fully saturated rings. The van der Waals surface area contributed by atoms with Crippen LogP contribution in [0.15, 0.2) is 24.3 Å². The van der Waals surface area contributed by atoms with Crippen molar-refractivity contribution < 1.29 is 9.53 Å². The molecule has 0 bridgehead atoms. The van der Waals surface area contributed by atoms with E-state index in [1.54, 1.807) is 0 Å². The van der Waals surface area contributed by atoms with E-state index in [1.165, 1.54) is 12.7 Å². The number of esters is 1. The molecule has 0 aliphatic heterocycles. The molecule has 0 radical (unpaired) electrons. The van der Waals surface area contributed by atoms with Crippen LogP contribution in [-0.4, -0.2) is 31.1 Å². The van der Waals surface area contributed by atoms with Gasteiger partial charge in [-0.25, -0.2) is 0 Å². The monoisotopic (exact) mass is 281 g/mol. The zero-order valence-corrected chi connectivity index (χ0v) is 12.8. The van der Waals surface area contributed by atoms with Crippen molar-refractivity contribution in [2.75, 3.05) is 19.1 Å². The molecule has 3 nitrogen and oxygen atoms in total. The molecule has 1 rings (SSSR count). The smallest absolute Gasteiger partial charge is 0.309 e. The second-order valence-electron chi connectivity index (χ2n) is 4.59. The molecule has 0 spiro atoms. The molecule has 1 aromatic carbocycles. The maximum Gasteiger partial charge on any atom is 0.309 e. The van der Waals surface area contributed by atoms with Gasteiger partial charge in [0, 0.05) is 12.6 Å². The van der Waals surface area contributed by atoms with Gasteiger partial charge in [0.25, 0.3) is 0 Å². The van der Waals surface area contributed by atoms with E-state index in [4.69, 9.17) is 4.74 Å². The van der Waals surface area contributed by atoms with E-state index in [-0.39, 0.29) is 5.97 Å². The van der Waals surface area contributed by atoms with E-state index in [0.717, 1.165) is 24.3 Å². The van der Waals surface area contributed by atoms with Crippen molar-refractivity contribution in [3.63, 3.8) is 0 Å². The third-order valence-electron chi connectivity index (χ3n) is 3.08. The molecule has 0 aromatic heterocycles. The van der Waals surface area contributed by atoms with Gasteiger partial charge in [-0.15, -0.1) is 0 Å². The fourth-order valence-corrected chi connectivity index (χ4v) is 2.40. The quantitative estimate of drug-likeness (QED) is 0.743. The van der Waals surface area contributed by atoms with E-state index in [1.807, 2.05) is 30.0 Å². The number of ether oxygens (including phenoxy) is 1. The maximum atomic E-state index is 11.4. The van der Waals surface area contributed by atoms with Crippen LogP contribution in [0.2, 0.25) is 0 Å². The zero-order chi connectivity index (χ0) is 14.1. The molecule has 106 valence electrons. The van der Waals surface area contributed by atoms with Crippen LogP contribution < -0.4 is 5.32 Å². The highest BCUT2D eigenvalue weighted by atomic mass is 32.2. The Balaban J connectivity index is 2.55. The first kappa shape index (κ1) is 16.1. The minimum Gasteiger partial charge on any atom is -0.469 e. The van der Waals surface area contributed by atoms with Gasteiger partial charge < -0.3 is 10.1 Å². The topological polar surface area (TPSA) is 38.3 Å². The van der Waals surface area contributed by atoms with Crippen molar-refractivity contribution in [3.8, 4) is 0 Å². The van der Waals surface area contributed by atoms with Crippen LogP contribution in [0.3, 0.4) is 0 Å². The summed E-state index contributed by atoms with van der Waals surface area (Å²) in [6.07, 6.45) is 3.62. The first-order valence-electron chi connectivity index (χ1n) is 6.53. The van der Waals surface area contributed by atoms with Crippen molar-refractivity contribution in [1.82, 2.24) is 5.32 Å². The molecule has 1 aromatic rings. The van der Waals surface area contributed by atoms with Crippen LogP contribution in [0.5, 0.6) is 0 Å². The van der Waals surface area contributed by atoms with E-state index in [9.17, 15) is 4.79 Å². The van der Waals surface area contributed by atoms with Crippen molar-refractivity contribution in [2.24, 2.45) is 0 Å². The van der Waals surface area contributed by atoms with E-state index in [0.29, 0.717) is 12.5 Å². The average molecular weight is 281 g/mol. The lowest BCUT2D eigenvalue weighted by Crippen LogP contribution is -2.26. The lowest BCUT2D eigenvalue weighted by molar-refractivity contribution is -0.139. The first-order valence-corrected chi connectivity index (χ1v) is 7.92. The standard InChI is InChI=1S/C15H23NO2S/c1-12(8-9-19-3)16-11-14-7-5-4-6-13(14)10-15(17)18-2/h4-7,12,16H,8-11H2,1-3H3. The highest BCUT2D eigenvalue weighted by Crippen LogP contribution is 2.11. The van der Waals surface area contributed by atoms with Gasteiger partial charge in [-0.2, -0.15) is 11.8 Å². The molecule has 0 aliphatic carbocycles. The lowest BCUT2D eigenvalue weighted by Gasteiger charge is -2.15. The number of hydrogen-bond donors (Lipinski definition) is 1. The van der Waals surface area contributed by atoms with Crippen LogP contribution >= 0.6 is 11.8 Å². The summed E-state index contributed by atoms with van der Waals surface area (Å²) < 4.78 is 4.73. The summed E-state index contributed by atoms with van der Waals surface area (Å²) in [4.78, 5) is 11.4. The summed E-state index contributed by atoms with van der Waals surface area (Å²) in [5, 5.41) is 3.50. The molecule has 1 N–H and O–H groups in total. The molecular formula is C15H23NO2S. The number of carbonyl (C=O) groups excluding carboxylic acids is 1. The van der Waals surface area contributed by atoms with Crippen LogP contribution in [0, 0.1) is 0 Å². The number of thioether (sulfide) groups is 1. The van der Waals surface area contributed by atoms with Gasteiger partial charge in [0.2, 0.25) is 0 Å². The molecule has 1 unspecified atom stereocenters. The van der Waals surface area contributed by atoms with Crippen molar-refractivity contribution in [2.45, 2.75) is 32.4 Å². The van der Waals surface area contributed by atoms with E-state index in [2.05, 4.69) is 24.6 Å². The molecule has 0 aliphatic rings. The maximum absolute atomic E-state index is 11.4. The number of nitrogens with one attached hydrogen (secondary N) is 1. The highest BCUT2D eigenvalue weighted by molar-refractivity contribution is 7.98. The average Bonchev–Trinajstić information content (AvgIpc) is 2.44. The summed E-state index contributed by atoms with van der Waals surface area (Å²) in [6, 6.07) is 8.50. The molecule has 0 amide bonds. The SMILES string of the molecule is COC(=O)Cc1ccccc1CNC(C)CCSC. The number of carbonyl (C=O) groups is 1. The van der Waals surface area contributed by atoms with Crippen LogP contribution in [-0.2, 0) is 22.5 Å². The van der Waals surface area contributed by atoms with Crippen molar-refractivity contribution in [3.05, 3.63) is 35.4 Å². The van der Waals surface area contributed by atoms with Gasteiger partial charge in [-0.3, -0.25) is 4.79 Å². The summed E-state index contributed by atoms with van der Waals surface area (Å²) in [7, 11) is 1.42. The van der Waals surface area contributed by atoms with Gasteiger partial charge in [0.05, 0.1) is 13.5 Å². The Morgan fingerprint density at radius 1 is 1.37 bits per heavy atom. The van der Waals surface area contributed by atoms with Crippen molar-refractivity contribution >= 4 is 17.7 Å². The second kappa shape index (κ2) is 8.99. The molecular weight excluding hydrogens is 258 g/mol. The molecule has 0 heterocycles. The van der Waals surface area contributed by atoms with Crippen LogP contribution in [0.1, 0.15) is 24.5 Å². The third kappa shape index (κ3) is 6.12. The number of hydrogen-bond acceptors (Lipinski definition) is 4. The third-order valence-corrected chi connectivity index (χ3v) is 3.72. The fraction of sp³-hybridized carbons (Fsp3) is 0.533. The molecule has 0 saturated heterocycles. The van der Waals surface area contributed by atoms with E-state index < -0.39 is 0 Å². The normalized spacial score (nSPS) is 12.2. The first-order chi connectivity index (χ1) is 9.17. The number of methoxy groups -OCH3 is 1. The Labute approximate surface area is 120 Å². The number of benzene rings is 1. The Morgan fingerprint density at radius 2 is 2.05 bits per heavy atom. The summed E-state index contributed by atoms with van der Waals surface area (Å²) in [5.74, 6) is 0.973. The minimum absolute atomic E-state index is 0.192. The van der Waals surface area contributed by atoms with Gasteiger partial charge in [-0.05, 0) is 36.5 Å². The molecule has 1 atom stereocenters. The van der Waals surface area contributed by atoms with Gasteiger partial charge in [-0.1, -0.05) is 24.3 Å². The zero-order valence-electron chi connectivity index (χ0n) is 11.9. The summed E-state index contributed by atoms with van der Waals surface area (Å²) in [5.41, 5.74) is 2.21. The molecule has 4 heteroatoms. The molecule has 0 saturated carbocycles. The minimum atomic E-state index is -0.192. The Bertz CT molecular complexity index is 395. The van der Waals surface area contributed by atoms with Gasteiger partial charge in [0.15, 0.2) is 0 Å². The summed E-state index contributed by atoms with van der Waals surface area (Å²) >= 11 is 1.86. The fourth-order valence-electron chi connectivity index (χ4n) is 1.81. The Hall–Kier alpha value is -1.00. The lowest BCUT2D eigenvalue weighted by atomic mass is 10.0. The Kier molecular flexibility index (Phi) is 7.60. The van der Waals surface area contributed by atoms with Crippen LogP contribution in [0.4, 0.5) is 0 Å². The van der Waals surface area contributed by atoms with Crippen molar-refractivity contribution in [1.29, 1.82) is 0 Å². The van der Waals surface area contributed by atoms with E-state index >= 15 is 0 Å². The Morgan fingerprint density at radius 3 is 2.68 bits per heavy atom. The van der Waals surface area contributed by atoms with Gasteiger partial charge in [0.1, 0.15) is 0 Å². The predicted octanol–water partition coefficient (Wildman–Crippen LogP) is 2.63. The largest absolute Gasteiger partial charge is 0.469 e. The highest BCUT2D eigenvalue weighted by Gasteiger charge is 2.08. The predicted molar refractivity (Wildman–Crippen MR) is 81.5 cm³/mol.